The maximum Gasteiger partial charge on any atom is 0.257 e. The lowest BCUT2D eigenvalue weighted by atomic mass is 10.1. The molecule has 0 aliphatic heterocycles. The number of halogens is 3. The average molecular weight is 284 g/mol. The second kappa shape index (κ2) is 5.36. The Kier molecular flexibility index (Phi) is 3.78. The molecule has 1 heterocycles. The minimum Gasteiger partial charge on any atom is -0.364 e. The quantitative estimate of drug-likeness (QED) is 0.814. The number of carbonyl (C=O) groups excluding carboxylic acids is 1. The van der Waals surface area contributed by atoms with E-state index in [1.165, 1.54) is 13.3 Å². The summed E-state index contributed by atoms with van der Waals surface area (Å²) in [6.45, 7) is 1.65. The van der Waals surface area contributed by atoms with Gasteiger partial charge in [-0.15, -0.1) is 0 Å². The van der Waals surface area contributed by atoms with Crippen molar-refractivity contribution in [1.29, 1.82) is 0 Å². The Morgan fingerprint density at radius 2 is 1.90 bits per heavy atom. The molecule has 20 heavy (non-hydrogen) atoms. The van der Waals surface area contributed by atoms with E-state index in [4.69, 9.17) is 0 Å². The molecule has 1 atom stereocenters. The van der Waals surface area contributed by atoms with Gasteiger partial charge in [-0.2, -0.15) is 0 Å². The molecule has 4 nitrogen and oxygen atoms in total. The molecule has 7 heteroatoms. The van der Waals surface area contributed by atoms with Crippen LogP contribution in [-0.4, -0.2) is 23.0 Å². The van der Waals surface area contributed by atoms with E-state index in [1.807, 2.05) is 0 Å². The van der Waals surface area contributed by atoms with Crippen molar-refractivity contribution in [1.82, 2.24) is 10.1 Å². The molecule has 1 aromatic heterocycles. The summed E-state index contributed by atoms with van der Waals surface area (Å²) >= 11 is 0. The molecule has 2 aromatic rings. The number of hydrogen-bond acceptors (Lipinski definition) is 3. The second-order valence-corrected chi connectivity index (χ2v) is 4.26. The highest BCUT2D eigenvalue weighted by molar-refractivity contribution is 5.94. The predicted octanol–water partition coefficient (Wildman–Crippen LogP) is 2.93. The molecular formula is C13H11F3N2O2. The van der Waals surface area contributed by atoms with E-state index in [1.54, 1.807) is 13.0 Å². The molecule has 0 spiro atoms. The Labute approximate surface area is 112 Å². The molecule has 2 rings (SSSR count). The number of hydrogen-bond donors (Lipinski definition) is 0. The van der Waals surface area contributed by atoms with Gasteiger partial charge in [-0.25, -0.2) is 13.2 Å². The highest BCUT2D eigenvalue weighted by Crippen LogP contribution is 2.21. The van der Waals surface area contributed by atoms with Crippen molar-refractivity contribution in [3.63, 3.8) is 0 Å². The summed E-state index contributed by atoms with van der Waals surface area (Å²) in [7, 11) is 1.41. The van der Waals surface area contributed by atoms with Gasteiger partial charge in [-0.05, 0) is 13.0 Å². The largest absolute Gasteiger partial charge is 0.364 e. The van der Waals surface area contributed by atoms with E-state index in [-0.39, 0.29) is 0 Å². The van der Waals surface area contributed by atoms with Crippen LogP contribution in [0.5, 0.6) is 0 Å². The van der Waals surface area contributed by atoms with Crippen molar-refractivity contribution < 1.29 is 22.5 Å². The lowest BCUT2D eigenvalue weighted by Crippen LogP contribution is -2.30. The van der Waals surface area contributed by atoms with Crippen LogP contribution < -0.4 is 0 Å². The van der Waals surface area contributed by atoms with Gasteiger partial charge in [0.15, 0.2) is 11.6 Å². The zero-order chi connectivity index (χ0) is 14.9. The van der Waals surface area contributed by atoms with Crippen molar-refractivity contribution in [2.24, 2.45) is 0 Å². The van der Waals surface area contributed by atoms with Gasteiger partial charge in [-0.1, -0.05) is 5.16 Å². The summed E-state index contributed by atoms with van der Waals surface area (Å²) in [5, 5.41) is 3.67. The summed E-state index contributed by atoms with van der Waals surface area (Å²) in [6, 6.07) is 1.93. The topological polar surface area (TPSA) is 46.3 Å². The summed E-state index contributed by atoms with van der Waals surface area (Å²) in [4.78, 5) is 13.3. The van der Waals surface area contributed by atoms with E-state index >= 15 is 0 Å². The SMILES string of the molecule is C[C@@H](c1ccon1)N(C)C(=O)c1cc(F)c(F)cc1F. The Hall–Kier alpha value is -2.31. The van der Waals surface area contributed by atoms with Gasteiger partial charge in [-0.3, -0.25) is 4.79 Å². The molecule has 0 fully saturated rings. The molecule has 0 saturated heterocycles. The van der Waals surface area contributed by atoms with Crippen molar-refractivity contribution >= 4 is 5.91 Å². The number of nitrogens with zero attached hydrogens (tertiary/aromatic N) is 2. The lowest BCUT2D eigenvalue weighted by Gasteiger charge is -2.23. The molecule has 0 aliphatic carbocycles. The third-order valence-electron chi connectivity index (χ3n) is 3.03. The van der Waals surface area contributed by atoms with Gasteiger partial charge >= 0.3 is 0 Å². The third kappa shape index (κ3) is 2.52. The number of amides is 1. The molecule has 0 radical (unpaired) electrons. The highest BCUT2D eigenvalue weighted by Gasteiger charge is 2.24. The van der Waals surface area contributed by atoms with Crippen LogP contribution >= 0.6 is 0 Å². The normalized spacial score (nSPS) is 12.2. The molecule has 106 valence electrons. The van der Waals surface area contributed by atoms with Gasteiger partial charge in [0.1, 0.15) is 17.8 Å². The number of benzene rings is 1. The third-order valence-corrected chi connectivity index (χ3v) is 3.03. The first-order valence-electron chi connectivity index (χ1n) is 5.73. The molecule has 0 saturated carbocycles. The lowest BCUT2D eigenvalue weighted by molar-refractivity contribution is 0.0732. The molecular weight excluding hydrogens is 273 g/mol. The van der Waals surface area contributed by atoms with Gasteiger partial charge < -0.3 is 9.42 Å². The Bertz CT molecular complexity index is 629. The van der Waals surface area contributed by atoms with E-state index < -0.39 is 35.0 Å². The van der Waals surface area contributed by atoms with Gasteiger partial charge in [0.05, 0.1) is 11.6 Å². The average Bonchev–Trinajstić information content (AvgIpc) is 2.94. The van der Waals surface area contributed by atoms with E-state index in [9.17, 15) is 18.0 Å². The van der Waals surface area contributed by atoms with Crippen LogP contribution in [0.25, 0.3) is 0 Å². The fraction of sp³-hybridized carbons (Fsp3) is 0.231. The number of aromatic nitrogens is 1. The molecule has 0 unspecified atom stereocenters. The Morgan fingerprint density at radius 1 is 1.25 bits per heavy atom. The first-order valence-corrected chi connectivity index (χ1v) is 5.73. The van der Waals surface area contributed by atoms with Crippen LogP contribution in [0.3, 0.4) is 0 Å². The molecule has 0 N–H and O–H groups in total. The summed E-state index contributed by atoms with van der Waals surface area (Å²) < 4.78 is 44.2. The van der Waals surface area contributed by atoms with Gasteiger partial charge in [0.2, 0.25) is 0 Å². The Morgan fingerprint density at radius 3 is 2.50 bits per heavy atom. The van der Waals surface area contributed by atoms with Crippen molar-refractivity contribution in [2.45, 2.75) is 13.0 Å². The maximum atomic E-state index is 13.6. The van der Waals surface area contributed by atoms with Crippen molar-refractivity contribution in [3.05, 3.63) is 53.2 Å². The molecule has 1 amide bonds. The minimum atomic E-state index is -1.34. The molecule has 0 bridgehead atoms. The maximum absolute atomic E-state index is 13.6. The van der Waals surface area contributed by atoms with Gasteiger partial charge in [0, 0.05) is 19.2 Å². The number of rotatable bonds is 3. The van der Waals surface area contributed by atoms with Crippen LogP contribution in [0.1, 0.15) is 29.0 Å². The van der Waals surface area contributed by atoms with Crippen molar-refractivity contribution in [2.75, 3.05) is 7.05 Å². The van der Waals surface area contributed by atoms with E-state index in [2.05, 4.69) is 9.68 Å². The fourth-order valence-corrected chi connectivity index (χ4v) is 1.69. The van der Waals surface area contributed by atoms with Crippen LogP contribution in [0.15, 0.2) is 29.0 Å². The number of carbonyl (C=O) groups is 1. The minimum absolute atomic E-state index is 0.344. The zero-order valence-corrected chi connectivity index (χ0v) is 10.7. The van der Waals surface area contributed by atoms with Gasteiger partial charge in [0.25, 0.3) is 5.91 Å². The smallest absolute Gasteiger partial charge is 0.257 e. The zero-order valence-electron chi connectivity index (χ0n) is 10.7. The highest BCUT2D eigenvalue weighted by atomic mass is 19.2. The van der Waals surface area contributed by atoms with Crippen molar-refractivity contribution in [3.8, 4) is 0 Å². The van der Waals surface area contributed by atoms with Crippen LogP contribution in [-0.2, 0) is 0 Å². The molecule has 0 aliphatic rings. The summed E-state index contributed by atoms with van der Waals surface area (Å²) in [5.74, 6) is -4.52. The summed E-state index contributed by atoms with van der Waals surface area (Å²) in [5.41, 5.74) is -0.0782. The van der Waals surface area contributed by atoms with E-state index in [0.717, 1.165) is 4.90 Å². The van der Waals surface area contributed by atoms with E-state index in [0.29, 0.717) is 17.8 Å². The predicted molar refractivity (Wildman–Crippen MR) is 63.3 cm³/mol. The van der Waals surface area contributed by atoms with Crippen LogP contribution in [0.4, 0.5) is 13.2 Å². The van der Waals surface area contributed by atoms with Crippen LogP contribution in [0.2, 0.25) is 0 Å². The Balaban J connectivity index is 2.29. The fourth-order valence-electron chi connectivity index (χ4n) is 1.69. The second-order valence-electron chi connectivity index (χ2n) is 4.26. The summed E-state index contributed by atoms with van der Waals surface area (Å²) in [6.07, 6.45) is 1.34. The first kappa shape index (κ1) is 14.1. The van der Waals surface area contributed by atoms with Crippen LogP contribution in [0, 0.1) is 17.5 Å². The standard InChI is InChI=1S/C13H11F3N2O2/c1-7(12-3-4-20-17-12)18(2)13(19)8-5-10(15)11(16)6-9(8)14/h3-7H,1-2H3/t7-/m0/s1. The monoisotopic (exact) mass is 284 g/mol. The molecule has 1 aromatic carbocycles. The first-order chi connectivity index (χ1) is 9.41.